The van der Waals surface area contributed by atoms with Gasteiger partial charge >= 0.3 is 0 Å². The van der Waals surface area contributed by atoms with Crippen molar-refractivity contribution in [3.63, 3.8) is 0 Å². The number of hydrogen-bond donors (Lipinski definition) is 4. The summed E-state index contributed by atoms with van der Waals surface area (Å²) in [4.78, 5) is 16.4. The van der Waals surface area contributed by atoms with Crippen LogP contribution in [0.25, 0.3) is 0 Å². The summed E-state index contributed by atoms with van der Waals surface area (Å²) in [5.41, 5.74) is 12.4. The van der Waals surface area contributed by atoms with Gasteiger partial charge in [0.05, 0.1) is 6.17 Å². The smallest absolute Gasteiger partial charge is 0.235 e. The first-order valence-corrected chi connectivity index (χ1v) is 5.46. The molecule has 17 heavy (non-hydrogen) atoms. The maximum Gasteiger partial charge on any atom is 0.235 e. The van der Waals surface area contributed by atoms with Gasteiger partial charge in [0.25, 0.3) is 0 Å². The van der Waals surface area contributed by atoms with Crippen molar-refractivity contribution < 1.29 is 4.79 Å². The predicted molar refractivity (Wildman–Crippen MR) is 62.6 cm³/mol. The monoisotopic (exact) mass is 231 g/mol. The third-order valence-corrected chi connectivity index (χ3v) is 2.98. The van der Waals surface area contributed by atoms with E-state index in [0.29, 0.717) is 5.84 Å². The van der Waals surface area contributed by atoms with E-state index in [1.807, 2.05) is 30.3 Å². The molecular formula is C11H13N5O. The Morgan fingerprint density at radius 1 is 1.18 bits per heavy atom. The van der Waals surface area contributed by atoms with Crippen LogP contribution in [0.4, 0.5) is 0 Å². The van der Waals surface area contributed by atoms with Crippen LogP contribution in [0.3, 0.4) is 0 Å². The largest absolute Gasteiger partial charge is 0.314 e. The highest BCUT2D eigenvalue weighted by Gasteiger charge is 2.42. The Bertz CT molecular complexity index is 472. The number of amides is 1. The molecule has 2 aliphatic heterocycles. The average molecular weight is 231 g/mol. The van der Waals surface area contributed by atoms with Gasteiger partial charge in [-0.15, -0.1) is 0 Å². The fourth-order valence-electron chi connectivity index (χ4n) is 2.09. The van der Waals surface area contributed by atoms with Gasteiger partial charge in [-0.3, -0.25) is 4.79 Å². The van der Waals surface area contributed by atoms with Gasteiger partial charge in [0.15, 0.2) is 0 Å². The lowest BCUT2D eigenvalue weighted by molar-refractivity contribution is -0.124. The molecule has 0 saturated carbocycles. The molecule has 0 spiro atoms. The number of aliphatic imine (C=N–C) groups is 1. The Morgan fingerprint density at radius 2 is 1.94 bits per heavy atom. The van der Waals surface area contributed by atoms with Gasteiger partial charge in [0.1, 0.15) is 17.9 Å². The van der Waals surface area contributed by atoms with Gasteiger partial charge in [-0.25, -0.2) is 15.8 Å². The van der Waals surface area contributed by atoms with E-state index in [-0.39, 0.29) is 18.0 Å². The number of hydrogen-bond acceptors (Lipinski definition) is 5. The van der Waals surface area contributed by atoms with Crippen LogP contribution in [0.15, 0.2) is 35.3 Å². The SMILES string of the molecule is NC1NNC2N=C(c3ccccc3)NC(=O)C12. The minimum absolute atomic E-state index is 0.103. The topological polar surface area (TPSA) is 91.5 Å². The molecule has 6 heteroatoms. The second-order valence-electron chi connectivity index (χ2n) is 4.12. The van der Waals surface area contributed by atoms with Crippen molar-refractivity contribution in [3.05, 3.63) is 35.9 Å². The fraction of sp³-hybridized carbons (Fsp3) is 0.273. The molecule has 88 valence electrons. The standard InChI is InChI=1S/C11H13N5O/c12-8-7-10(16-15-8)13-9(14-11(7)17)6-4-2-1-3-5-6/h1-5,7-8,10,15-16H,12H2,(H,13,14,17). The van der Waals surface area contributed by atoms with Crippen molar-refractivity contribution >= 4 is 11.7 Å². The van der Waals surface area contributed by atoms with E-state index in [0.717, 1.165) is 5.56 Å². The Morgan fingerprint density at radius 3 is 2.71 bits per heavy atom. The Balaban J connectivity index is 1.94. The molecule has 2 heterocycles. The molecule has 1 saturated heterocycles. The number of carbonyl (C=O) groups is 1. The van der Waals surface area contributed by atoms with Crippen LogP contribution in [0.1, 0.15) is 5.56 Å². The summed E-state index contributed by atoms with van der Waals surface area (Å²) < 4.78 is 0. The molecule has 2 aliphatic rings. The van der Waals surface area contributed by atoms with Crippen molar-refractivity contribution in [1.29, 1.82) is 0 Å². The van der Waals surface area contributed by atoms with Crippen molar-refractivity contribution in [2.24, 2.45) is 16.6 Å². The molecule has 0 bridgehead atoms. The predicted octanol–water partition coefficient (Wildman–Crippen LogP) is -1.10. The van der Waals surface area contributed by atoms with Gasteiger partial charge < -0.3 is 11.1 Å². The highest BCUT2D eigenvalue weighted by Crippen LogP contribution is 2.18. The molecule has 0 radical (unpaired) electrons. The van der Waals surface area contributed by atoms with Gasteiger partial charge in [-0.1, -0.05) is 30.3 Å². The zero-order valence-corrected chi connectivity index (χ0v) is 9.05. The maximum atomic E-state index is 11.9. The minimum Gasteiger partial charge on any atom is -0.314 e. The van der Waals surface area contributed by atoms with E-state index in [4.69, 9.17) is 5.73 Å². The molecule has 0 aliphatic carbocycles. The van der Waals surface area contributed by atoms with E-state index in [2.05, 4.69) is 21.2 Å². The second-order valence-corrected chi connectivity index (χ2v) is 4.12. The summed E-state index contributed by atoms with van der Waals surface area (Å²) in [7, 11) is 0. The normalized spacial score (nSPS) is 31.7. The van der Waals surface area contributed by atoms with E-state index < -0.39 is 6.17 Å². The first kappa shape index (κ1) is 10.4. The van der Waals surface area contributed by atoms with Gasteiger partial charge in [-0.2, -0.15) is 0 Å². The lowest BCUT2D eigenvalue weighted by Gasteiger charge is -2.24. The minimum atomic E-state index is -0.402. The number of rotatable bonds is 1. The number of nitrogens with two attached hydrogens (primary N) is 1. The summed E-state index contributed by atoms with van der Waals surface area (Å²) in [6.07, 6.45) is -0.699. The molecule has 3 atom stereocenters. The highest BCUT2D eigenvalue weighted by atomic mass is 16.2. The molecule has 3 rings (SSSR count). The average Bonchev–Trinajstić information content (AvgIpc) is 2.73. The number of hydrazine groups is 1. The number of nitrogens with zero attached hydrogens (tertiary/aromatic N) is 1. The number of benzene rings is 1. The quantitative estimate of drug-likeness (QED) is 0.493. The van der Waals surface area contributed by atoms with Crippen LogP contribution in [0.5, 0.6) is 0 Å². The summed E-state index contributed by atoms with van der Waals surface area (Å²) in [6.45, 7) is 0. The van der Waals surface area contributed by atoms with Crippen molar-refractivity contribution in [3.8, 4) is 0 Å². The van der Waals surface area contributed by atoms with Gasteiger partial charge in [0.2, 0.25) is 5.91 Å². The lowest BCUT2D eigenvalue weighted by Crippen LogP contribution is -2.51. The van der Waals surface area contributed by atoms with Gasteiger partial charge in [-0.05, 0) is 0 Å². The van der Waals surface area contributed by atoms with Crippen LogP contribution in [-0.4, -0.2) is 24.1 Å². The molecule has 1 fully saturated rings. The Hall–Kier alpha value is -1.76. The summed E-state index contributed by atoms with van der Waals surface area (Å²) in [6, 6.07) is 9.54. The van der Waals surface area contributed by atoms with Crippen LogP contribution in [-0.2, 0) is 4.79 Å². The zero-order chi connectivity index (χ0) is 11.8. The van der Waals surface area contributed by atoms with Crippen LogP contribution >= 0.6 is 0 Å². The number of fused-ring (bicyclic) bond motifs is 1. The van der Waals surface area contributed by atoms with Crippen molar-refractivity contribution in [1.82, 2.24) is 16.2 Å². The van der Waals surface area contributed by atoms with E-state index in [1.54, 1.807) is 0 Å². The maximum absolute atomic E-state index is 11.9. The van der Waals surface area contributed by atoms with Crippen molar-refractivity contribution in [2.75, 3.05) is 0 Å². The number of amidine groups is 1. The van der Waals surface area contributed by atoms with Crippen LogP contribution < -0.4 is 21.9 Å². The molecule has 1 aromatic rings. The summed E-state index contributed by atoms with van der Waals surface area (Å²) in [5.74, 6) is 0.122. The van der Waals surface area contributed by atoms with Gasteiger partial charge in [0, 0.05) is 5.56 Å². The van der Waals surface area contributed by atoms with Crippen LogP contribution in [0, 0.1) is 5.92 Å². The molecule has 6 nitrogen and oxygen atoms in total. The first-order valence-electron chi connectivity index (χ1n) is 5.46. The van der Waals surface area contributed by atoms with E-state index in [1.165, 1.54) is 0 Å². The fourth-order valence-corrected chi connectivity index (χ4v) is 2.09. The first-order chi connectivity index (χ1) is 8.25. The molecular weight excluding hydrogens is 218 g/mol. The zero-order valence-electron chi connectivity index (χ0n) is 9.05. The molecule has 0 aromatic heterocycles. The number of carbonyl (C=O) groups excluding carboxylic acids is 1. The van der Waals surface area contributed by atoms with Crippen LogP contribution in [0.2, 0.25) is 0 Å². The highest BCUT2D eigenvalue weighted by molar-refractivity contribution is 6.10. The summed E-state index contributed by atoms with van der Waals surface area (Å²) in [5, 5.41) is 2.79. The molecule has 5 N–H and O–H groups in total. The third kappa shape index (κ3) is 1.72. The Kier molecular flexibility index (Phi) is 2.40. The third-order valence-electron chi connectivity index (χ3n) is 2.98. The molecule has 1 amide bonds. The Labute approximate surface area is 98.3 Å². The van der Waals surface area contributed by atoms with Crippen molar-refractivity contribution in [2.45, 2.75) is 12.3 Å². The van der Waals surface area contributed by atoms with E-state index in [9.17, 15) is 4.79 Å². The lowest BCUT2D eigenvalue weighted by atomic mass is 10.0. The molecule has 1 aromatic carbocycles. The number of nitrogens with one attached hydrogen (secondary N) is 3. The van der Waals surface area contributed by atoms with E-state index >= 15 is 0 Å². The second kappa shape index (κ2) is 3.92. The summed E-state index contributed by atoms with van der Waals surface area (Å²) >= 11 is 0. The molecule has 3 unspecified atom stereocenters.